The van der Waals surface area contributed by atoms with Gasteiger partial charge in [0.1, 0.15) is 5.82 Å². The van der Waals surface area contributed by atoms with Crippen molar-refractivity contribution in [2.75, 3.05) is 0 Å². The molecule has 6 heteroatoms. The minimum Gasteiger partial charge on any atom is -0.478 e. The molecule has 0 bridgehead atoms. The second-order valence-electron chi connectivity index (χ2n) is 7.40. The predicted molar refractivity (Wildman–Crippen MR) is 103 cm³/mol. The van der Waals surface area contributed by atoms with E-state index in [1.807, 2.05) is 0 Å². The Morgan fingerprint density at radius 1 is 1.03 bits per heavy atom. The highest BCUT2D eigenvalue weighted by Crippen LogP contribution is 2.42. The monoisotopic (exact) mass is 406 g/mol. The van der Waals surface area contributed by atoms with Gasteiger partial charge in [0.2, 0.25) is 0 Å². The molecule has 0 aliphatic heterocycles. The van der Waals surface area contributed by atoms with Crippen molar-refractivity contribution in [2.24, 2.45) is 5.92 Å². The van der Waals surface area contributed by atoms with E-state index in [1.54, 1.807) is 0 Å². The Labute approximate surface area is 166 Å². The van der Waals surface area contributed by atoms with Gasteiger partial charge in [0.25, 0.3) is 0 Å². The van der Waals surface area contributed by atoms with Crippen molar-refractivity contribution < 1.29 is 27.5 Å². The summed E-state index contributed by atoms with van der Waals surface area (Å²) in [6, 6.07) is 4.10. The number of carboxylic acids is 1. The zero-order chi connectivity index (χ0) is 21.1. The third-order valence-electron chi connectivity index (χ3n) is 5.53. The fraction of sp³-hybridized carbons (Fsp3) is 0.348. The Balaban J connectivity index is 2.06. The third-order valence-corrected chi connectivity index (χ3v) is 5.53. The van der Waals surface area contributed by atoms with E-state index < -0.39 is 34.8 Å². The summed E-state index contributed by atoms with van der Waals surface area (Å²) in [7, 11) is 0. The number of carbonyl (C=O) groups is 1. The molecule has 0 aromatic heterocycles. The fourth-order valence-corrected chi connectivity index (χ4v) is 4.04. The summed E-state index contributed by atoms with van der Waals surface area (Å²) in [5.41, 5.74) is -0.468. The summed E-state index contributed by atoms with van der Waals surface area (Å²) in [4.78, 5) is 11.4. The summed E-state index contributed by atoms with van der Waals surface area (Å²) in [5.74, 6) is -6.73. The average molecular weight is 406 g/mol. The molecule has 1 aliphatic rings. The molecule has 0 spiro atoms. The number of aromatic carboxylic acids is 1. The van der Waals surface area contributed by atoms with E-state index in [0.717, 1.165) is 32.1 Å². The van der Waals surface area contributed by atoms with Gasteiger partial charge in [-0.25, -0.2) is 22.4 Å². The maximum Gasteiger partial charge on any atom is 0.338 e. The number of halogens is 4. The van der Waals surface area contributed by atoms with Crippen LogP contribution in [0.2, 0.25) is 0 Å². The minimum absolute atomic E-state index is 0.0789. The normalized spacial score (nSPS) is 19.6. The Bertz CT molecular complexity index is 921. The molecule has 3 rings (SSSR count). The minimum atomic E-state index is -1.65. The molecule has 2 aromatic rings. The first-order valence-corrected chi connectivity index (χ1v) is 9.70. The summed E-state index contributed by atoms with van der Waals surface area (Å²) >= 11 is 0. The van der Waals surface area contributed by atoms with Crippen molar-refractivity contribution in [1.29, 1.82) is 0 Å². The summed E-state index contributed by atoms with van der Waals surface area (Å²) < 4.78 is 56.1. The fourth-order valence-electron chi connectivity index (χ4n) is 4.04. The Kier molecular flexibility index (Phi) is 6.40. The van der Waals surface area contributed by atoms with E-state index in [0.29, 0.717) is 23.6 Å². The lowest BCUT2D eigenvalue weighted by molar-refractivity contribution is 0.0692. The van der Waals surface area contributed by atoms with Crippen LogP contribution in [0, 0.1) is 29.2 Å². The van der Waals surface area contributed by atoms with Crippen LogP contribution in [0.5, 0.6) is 0 Å². The van der Waals surface area contributed by atoms with Gasteiger partial charge < -0.3 is 5.11 Å². The van der Waals surface area contributed by atoms with E-state index >= 15 is 4.39 Å². The zero-order valence-electron chi connectivity index (χ0n) is 16.0. The van der Waals surface area contributed by atoms with Gasteiger partial charge in [-0.3, -0.25) is 0 Å². The molecular formula is C23H22F4O2. The molecule has 0 saturated heterocycles. The lowest BCUT2D eigenvalue weighted by Crippen LogP contribution is -2.14. The maximum atomic E-state index is 15.1. The van der Waals surface area contributed by atoms with Crippen LogP contribution in [-0.4, -0.2) is 11.1 Å². The first-order chi connectivity index (χ1) is 13.8. The number of carboxylic acid groups (broad SMARTS) is 1. The van der Waals surface area contributed by atoms with Crippen molar-refractivity contribution in [1.82, 2.24) is 0 Å². The number of rotatable bonds is 5. The number of allylic oxidation sites excluding steroid dienone is 2. The second kappa shape index (κ2) is 8.80. The van der Waals surface area contributed by atoms with Gasteiger partial charge in [-0.2, -0.15) is 0 Å². The maximum absolute atomic E-state index is 15.1. The van der Waals surface area contributed by atoms with Crippen molar-refractivity contribution in [2.45, 2.75) is 44.9 Å². The van der Waals surface area contributed by atoms with Gasteiger partial charge in [0.05, 0.1) is 5.56 Å². The molecule has 2 aromatic carbocycles. The molecule has 1 N–H and O–H groups in total. The first-order valence-electron chi connectivity index (χ1n) is 9.70. The predicted octanol–water partition coefficient (Wildman–Crippen LogP) is 6.85. The molecule has 1 saturated carbocycles. The molecule has 2 nitrogen and oxygen atoms in total. The zero-order valence-corrected chi connectivity index (χ0v) is 16.0. The summed E-state index contributed by atoms with van der Waals surface area (Å²) in [5, 5.41) is 9.25. The van der Waals surface area contributed by atoms with Crippen molar-refractivity contribution in [3.63, 3.8) is 0 Å². The highest BCUT2D eigenvalue weighted by atomic mass is 19.2. The SMILES string of the molecule is CCC=CC1CCC(c2ccc(C(=O)O)c(F)c2-c2cc(F)c(F)c(F)c2)CC1. The van der Waals surface area contributed by atoms with E-state index in [2.05, 4.69) is 19.1 Å². The Morgan fingerprint density at radius 2 is 1.66 bits per heavy atom. The molecule has 0 radical (unpaired) electrons. The van der Waals surface area contributed by atoms with Gasteiger partial charge >= 0.3 is 5.97 Å². The van der Waals surface area contributed by atoms with Crippen molar-refractivity contribution in [3.8, 4) is 11.1 Å². The standard InChI is InChI=1S/C23H22F4O2/c1-2-3-4-13-5-7-14(8-6-13)16-9-10-17(23(28)29)21(26)20(16)15-11-18(24)22(27)19(25)12-15/h3-4,9-14H,2,5-8H2,1H3,(H,28,29). The summed E-state index contributed by atoms with van der Waals surface area (Å²) in [6.07, 6.45) is 8.49. The van der Waals surface area contributed by atoms with Crippen LogP contribution in [0.3, 0.4) is 0 Å². The van der Waals surface area contributed by atoms with E-state index in [1.165, 1.54) is 12.1 Å². The van der Waals surface area contributed by atoms with Crippen LogP contribution in [0.4, 0.5) is 17.6 Å². The lowest BCUT2D eigenvalue weighted by Gasteiger charge is -2.29. The molecule has 1 fully saturated rings. The molecule has 0 amide bonds. The van der Waals surface area contributed by atoms with Gasteiger partial charge in [-0.1, -0.05) is 25.1 Å². The third kappa shape index (κ3) is 4.36. The van der Waals surface area contributed by atoms with E-state index in [4.69, 9.17) is 0 Å². The van der Waals surface area contributed by atoms with Gasteiger partial charge in [0, 0.05) is 5.56 Å². The molecule has 1 aliphatic carbocycles. The Hall–Kier alpha value is -2.63. The Morgan fingerprint density at radius 3 is 2.21 bits per heavy atom. The number of hydrogen-bond acceptors (Lipinski definition) is 1. The first kappa shape index (κ1) is 21.1. The quantitative estimate of drug-likeness (QED) is 0.335. The molecule has 29 heavy (non-hydrogen) atoms. The number of benzene rings is 2. The average Bonchev–Trinajstić information content (AvgIpc) is 2.70. The highest BCUT2D eigenvalue weighted by molar-refractivity contribution is 5.90. The lowest BCUT2D eigenvalue weighted by atomic mass is 9.76. The van der Waals surface area contributed by atoms with Crippen LogP contribution >= 0.6 is 0 Å². The van der Waals surface area contributed by atoms with E-state index in [9.17, 15) is 23.1 Å². The number of hydrogen-bond donors (Lipinski definition) is 1. The molecule has 154 valence electrons. The topological polar surface area (TPSA) is 37.3 Å². The largest absolute Gasteiger partial charge is 0.478 e. The van der Waals surface area contributed by atoms with Gasteiger partial charge in [-0.05, 0) is 73.3 Å². The van der Waals surface area contributed by atoms with Crippen molar-refractivity contribution in [3.05, 3.63) is 70.8 Å². The molecule has 0 atom stereocenters. The van der Waals surface area contributed by atoms with Crippen LogP contribution in [0.1, 0.15) is 60.9 Å². The second-order valence-corrected chi connectivity index (χ2v) is 7.40. The highest BCUT2D eigenvalue weighted by Gasteiger charge is 2.28. The molecule has 0 heterocycles. The van der Waals surface area contributed by atoms with E-state index in [-0.39, 0.29) is 17.0 Å². The van der Waals surface area contributed by atoms with Crippen LogP contribution < -0.4 is 0 Å². The van der Waals surface area contributed by atoms with Crippen LogP contribution in [0.15, 0.2) is 36.4 Å². The van der Waals surface area contributed by atoms with Crippen molar-refractivity contribution >= 4 is 5.97 Å². The van der Waals surface area contributed by atoms with Crippen LogP contribution in [-0.2, 0) is 0 Å². The smallest absolute Gasteiger partial charge is 0.338 e. The van der Waals surface area contributed by atoms with Crippen LogP contribution in [0.25, 0.3) is 11.1 Å². The van der Waals surface area contributed by atoms with Gasteiger partial charge in [-0.15, -0.1) is 0 Å². The molecular weight excluding hydrogens is 384 g/mol. The van der Waals surface area contributed by atoms with Gasteiger partial charge in [0.15, 0.2) is 17.5 Å². The molecule has 0 unspecified atom stereocenters. The summed E-state index contributed by atoms with van der Waals surface area (Å²) in [6.45, 7) is 2.06.